The average Bonchev–Trinajstić information content (AvgIpc) is 3.19. The van der Waals surface area contributed by atoms with Gasteiger partial charge in [-0.1, -0.05) is 52.3 Å². The van der Waals surface area contributed by atoms with Crippen LogP contribution >= 0.6 is 43.2 Å². The standard InChI is InChI=1S/C20H12Br2N2S/c1-24-19-12-6-3-2-5-11(12)17-13(7-4-8-14(17)21)18(19)23-20(24)15-9-10-16(22)25-15/h2-10H,1H3. The highest BCUT2D eigenvalue weighted by molar-refractivity contribution is 9.11. The summed E-state index contributed by atoms with van der Waals surface area (Å²) in [6.07, 6.45) is 0. The summed E-state index contributed by atoms with van der Waals surface area (Å²) in [4.78, 5) is 6.21. The number of fused-ring (bicyclic) bond motifs is 6. The topological polar surface area (TPSA) is 17.8 Å². The summed E-state index contributed by atoms with van der Waals surface area (Å²) in [7, 11) is 2.11. The second-order valence-electron chi connectivity index (χ2n) is 6.00. The van der Waals surface area contributed by atoms with Gasteiger partial charge < -0.3 is 4.57 Å². The van der Waals surface area contributed by atoms with Gasteiger partial charge in [0, 0.05) is 27.7 Å². The third kappa shape index (κ3) is 2.23. The Bertz CT molecular complexity index is 1280. The maximum absolute atomic E-state index is 5.05. The molecule has 2 nitrogen and oxygen atoms in total. The zero-order chi connectivity index (χ0) is 17.1. The van der Waals surface area contributed by atoms with Crippen LogP contribution < -0.4 is 0 Å². The SMILES string of the molecule is Cn1c(-c2ccc(Br)s2)nc2c3cccc(Br)c3c3ccccc3c21. The van der Waals surface area contributed by atoms with Crippen LogP contribution in [0.4, 0.5) is 0 Å². The lowest BCUT2D eigenvalue weighted by atomic mass is 10.00. The summed E-state index contributed by atoms with van der Waals surface area (Å²) in [5.41, 5.74) is 2.23. The van der Waals surface area contributed by atoms with E-state index in [1.165, 1.54) is 27.1 Å². The molecule has 5 rings (SSSR count). The highest BCUT2D eigenvalue weighted by Gasteiger charge is 2.18. The van der Waals surface area contributed by atoms with Crippen molar-refractivity contribution >= 4 is 75.8 Å². The molecule has 2 heterocycles. The smallest absolute Gasteiger partial charge is 0.151 e. The van der Waals surface area contributed by atoms with E-state index in [0.29, 0.717) is 0 Å². The highest BCUT2D eigenvalue weighted by atomic mass is 79.9. The Morgan fingerprint density at radius 3 is 2.40 bits per heavy atom. The monoisotopic (exact) mass is 470 g/mol. The molecular formula is C20H12Br2N2S. The van der Waals surface area contributed by atoms with Crippen molar-refractivity contribution in [2.24, 2.45) is 7.05 Å². The van der Waals surface area contributed by atoms with Crippen LogP contribution in [0, 0.1) is 0 Å². The quantitative estimate of drug-likeness (QED) is 0.237. The molecule has 0 saturated heterocycles. The molecule has 0 radical (unpaired) electrons. The van der Waals surface area contributed by atoms with Crippen LogP contribution in [0.15, 0.2) is 62.9 Å². The first-order valence-corrected chi connectivity index (χ1v) is 10.3. The van der Waals surface area contributed by atoms with Crippen LogP contribution in [0.25, 0.3) is 43.3 Å². The fourth-order valence-electron chi connectivity index (χ4n) is 3.55. The number of halogens is 2. The van der Waals surface area contributed by atoms with Crippen molar-refractivity contribution < 1.29 is 0 Å². The van der Waals surface area contributed by atoms with E-state index in [0.717, 1.165) is 24.5 Å². The fourth-order valence-corrected chi connectivity index (χ4v) is 5.54. The van der Waals surface area contributed by atoms with Gasteiger partial charge in [-0.05, 0) is 39.5 Å². The van der Waals surface area contributed by atoms with Gasteiger partial charge in [-0.2, -0.15) is 0 Å². The van der Waals surface area contributed by atoms with Crippen molar-refractivity contribution in [3.8, 4) is 10.7 Å². The van der Waals surface area contributed by atoms with Crippen LogP contribution in [0.3, 0.4) is 0 Å². The van der Waals surface area contributed by atoms with Gasteiger partial charge in [-0.15, -0.1) is 11.3 Å². The molecule has 0 spiro atoms. The number of benzene rings is 3. The molecule has 0 N–H and O–H groups in total. The zero-order valence-electron chi connectivity index (χ0n) is 13.3. The van der Waals surface area contributed by atoms with E-state index in [1.807, 2.05) is 0 Å². The van der Waals surface area contributed by atoms with Crippen molar-refractivity contribution in [2.75, 3.05) is 0 Å². The summed E-state index contributed by atoms with van der Waals surface area (Å²) >= 11 is 9.01. The molecular weight excluding hydrogens is 460 g/mol. The minimum atomic E-state index is 1.00. The van der Waals surface area contributed by atoms with E-state index in [4.69, 9.17) is 4.98 Å². The average molecular weight is 472 g/mol. The van der Waals surface area contributed by atoms with Gasteiger partial charge in [0.2, 0.25) is 0 Å². The second kappa shape index (κ2) is 5.66. The summed E-state index contributed by atoms with van der Waals surface area (Å²) in [6, 6.07) is 19.1. The van der Waals surface area contributed by atoms with Gasteiger partial charge in [-0.25, -0.2) is 4.98 Å². The Morgan fingerprint density at radius 2 is 1.64 bits per heavy atom. The highest BCUT2D eigenvalue weighted by Crippen LogP contribution is 2.40. The molecule has 25 heavy (non-hydrogen) atoms. The van der Waals surface area contributed by atoms with E-state index < -0.39 is 0 Å². The minimum Gasteiger partial charge on any atom is -0.326 e. The summed E-state index contributed by atoms with van der Waals surface area (Å²) in [5.74, 6) is 1.00. The molecule has 0 saturated carbocycles. The first-order chi connectivity index (χ1) is 12.1. The van der Waals surface area contributed by atoms with Gasteiger partial charge in [0.05, 0.1) is 19.7 Å². The molecule has 2 aromatic heterocycles. The molecule has 0 amide bonds. The lowest BCUT2D eigenvalue weighted by Gasteiger charge is -2.09. The van der Waals surface area contributed by atoms with E-state index in [1.54, 1.807) is 11.3 Å². The maximum atomic E-state index is 5.05. The first kappa shape index (κ1) is 15.6. The molecule has 3 aromatic carbocycles. The van der Waals surface area contributed by atoms with E-state index >= 15 is 0 Å². The Balaban J connectivity index is 2.05. The number of rotatable bonds is 1. The number of aryl methyl sites for hydroxylation is 1. The van der Waals surface area contributed by atoms with Gasteiger partial charge in [0.15, 0.2) is 5.82 Å². The number of imidazole rings is 1. The summed E-state index contributed by atoms with van der Waals surface area (Å²) in [6.45, 7) is 0. The second-order valence-corrected chi connectivity index (χ2v) is 9.32. The lowest BCUT2D eigenvalue weighted by molar-refractivity contribution is 0.966. The third-order valence-corrected chi connectivity index (χ3v) is 6.89. The molecule has 0 bridgehead atoms. The minimum absolute atomic E-state index is 1.00. The molecule has 0 unspecified atom stereocenters. The molecule has 0 atom stereocenters. The number of nitrogens with zero attached hydrogens (tertiary/aromatic N) is 2. The Morgan fingerprint density at radius 1 is 0.880 bits per heavy atom. The number of thiophene rings is 1. The van der Waals surface area contributed by atoms with Crippen molar-refractivity contribution in [2.45, 2.75) is 0 Å². The van der Waals surface area contributed by atoms with Crippen LogP contribution in [0.5, 0.6) is 0 Å². The van der Waals surface area contributed by atoms with Crippen molar-refractivity contribution in [1.29, 1.82) is 0 Å². The molecule has 0 aliphatic heterocycles. The van der Waals surface area contributed by atoms with Crippen LogP contribution in [-0.2, 0) is 7.05 Å². The van der Waals surface area contributed by atoms with E-state index in [9.17, 15) is 0 Å². The van der Waals surface area contributed by atoms with E-state index in [2.05, 4.69) is 98.1 Å². The maximum Gasteiger partial charge on any atom is 0.151 e. The van der Waals surface area contributed by atoms with Gasteiger partial charge >= 0.3 is 0 Å². The molecule has 5 aromatic rings. The van der Waals surface area contributed by atoms with Crippen LogP contribution in [0.2, 0.25) is 0 Å². The Hall–Kier alpha value is -1.69. The van der Waals surface area contributed by atoms with Gasteiger partial charge in [-0.3, -0.25) is 0 Å². The predicted octanol–water partition coefficient (Wildman–Crippen LogP) is 7.13. The summed E-state index contributed by atoms with van der Waals surface area (Å²) < 4.78 is 4.44. The molecule has 122 valence electrons. The zero-order valence-corrected chi connectivity index (χ0v) is 17.2. The van der Waals surface area contributed by atoms with E-state index in [-0.39, 0.29) is 0 Å². The number of aromatic nitrogens is 2. The van der Waals surface area contributed by atoms with Crippen LogP contribution in [0.1, 0.15) is 0 Å². The van der Waals surface area contributed by atoms with Crippen LogP contribution in [-0.4, -0.2) is 9.55 Å². The summed E-state index contributed by atoms with van der Waals surface area (Å²) in [5, 5.41) is 4.89. The fraction of sp³-hybridized carbons (Fsp3) is 0.0500. The molecule has 0 fully saturated rings. The normalized spacial score (nSPS) is 11.8. The Labute approximate surface area is 165 Å². The molecule has 5 heteroatoms. The van der Waals surface area contributed by atoms with Crippen molar-refractivity contribution in [3.05, 3.63) is 62.9 Å². The van der Waals surface area contributed by atoms with Gasteiger partial charge in [0.25, 0.3) is 0 Å². The van der Waals surface area contributed by atoms with Crippen molar-refractivity contribution in [3.63, 3.8) is 0 Å². The predicted molar refractivity (Wildman–Crippen MR) is 114 cm³/mol. The molecule has 0 aliphatic carbocycles. The third-order valence-electron chi connectivity index (χ3n) is 4.61. The Kier molecular flexibility index (Phi) is 3.52. The van der Waals surface area contributed by atoms with Gasteiger partial charge in [0.1, 0.15) is 0 Å². The lowest BCUT2D eigenvalue weighted by Crippen LogP contribution is -1.91. The number of hydrogen-bond acceptors (Lipinski definition) is 2. The first-order valence-electron chi connectivity index (χ1n) is 7.86. The number of hydrogen-bond donors (Lipinski definition) is 0. The largest absolute Gasteiger partial charge is 0.326 e. The molecule has 0 aliphatic rings. The van der Waals surface area contributed by atoms with Crippen molar-refractivity contribution in [1.82, 2.24) is 9.55 Å².